The van der Waals surface area contributed by atoms with Gasteiger partial charge in [-0.1, -0.05) is 44.2 Å². The first-order chi connectivity index (χ1) is 11.2. The van der Waals surface area contributed by atoms with Gasteiger partial charge in [-0.25, -0.2) is 0 Å². The lowest BCUT2D eigenvalue weighted by molar-refractivity contribution is -0.119. The second kappa shape index (κ2) is 9.71. The van der Waals surface area contributed by atoms with Gasteiger partial charge >= 0.3 is 0 Å². The van der Waals surface area contributed by atoms with E-state index in [1.807, 2.05) is 12.1 Å². The summed E-state index contributed by atoms with van der Waals surface area (Å²) < 4.78 is 11.0. The summed E-state index contributed by atoms with van der Waals surface area (Å²) >= 11 is 6.14. The molecule has 0 bridgehead atoms. The Bertz CT molecular complexity index is 606. The molecule has 0 aliphatic carbocycles. The molecule has 0 amide bonds. The SMILES string of the molecule is CCCCCCCOC(O)COc1ccc(Cl)c2cccnc12. The van der Waals surface area contributed by atoms with Crippen LogP contribution in [0.1, 0.15) is 39.0 Å². The van der Waals surface area contributed by atoms with Gasteiger partial charge in [0.1, 0.15) is 17.9 Å². The Hall–Kier alpha value is -1.36. The summed E-state index contributed by atoms with van der Waals surface area (Å²) in [6.45, 7) is 2.81. The number of halogens is 1. The van der Waals surface area contributed by atoms with E-state index in [2.05, 4.69) is 11.9 Å². The molecule has 126 valence electrons. The van der Waals surface area contributed by atoms with Gasteiger partial charge in [-0.3, -0.25) is 4.98 Å². The molecule has 2 aromatic rings. The maximum atomic E-state index is 9.85. The van der Waals surface area contributed by atoms with Gasteiger partial charge in [-0.15, -0.1) is 0 Å². The third-order valence-corrected chi connectivity index (χ3v) is 3.95. The van der Waals surface area contributed by atoms with Crippen molar-refractivity contribution < 1.29 is 14.6 Å². The molecule has 2 rings (SSSR count). The average molecular weight is 338 g/mol. The number of unbranched alkanes of at least 4 members (excludes halogenated alkanes) is 4. The maximum absolute atomic E-state index is 9.85. The highest BCUT2D eigenvalue weighted by molar-refractivity contribution is 6.35. The summed E-state index contributed by atoms with van der Waals surface area (Å²) in [7, 11) is 0. The Kier molecular flexibility index (Phi) is 7.59. The first-order valence-electron chi connectivity index (χ1n) is 8.18. The smallest absolute Gasteiger partial charge is 0.189 e. The lowest BCUT2D eigenvalue weighted by Gasteiger charge is -2.14. The molecule has 0 aliphatic heterocycles. The van der Waals surface area contributed by atoms with E-state index < -0.39 is 6.29 Å². The Morgan fingerprint density at radius 2 is 2.00 bits per heavy atom. The third-order valence-electron chi connectivity index (χ3n) is 3.62. The standard InChI is InChI=1S/C18H24ClNO3/c1-2-3-4-5-6-12-22-17(21)13-23-16-10-9-15(19)14-8-7-11-20-18(14)16/h7-11,17,21H,2-6,12-13H2,1H3. The summed E-state index contributed by atoms with van der Waals surface area (Å²) in [5.41, 5.74) is 0.687. The fourth-order valence-corrected chi connectivity index (χ4v) is 2.58. The van der Waals surface area contributed by atoms with Crippen LogP contribution < -0.4 is 4.74 Å². The number of nitrogens with zero attached hydrogens (tertiary/aromatic N) is 1. The number of benzene rings is 1. The number of aliphatic hydroxyl groups excluding tert-OH is 1. The highest BCUT2D eigenvalue weighted by atomic mass is 35.5. The Labute approximate surface area is 142 Å². The van der Waals surface area contributed by atoms with Gasteiger partial charge in [0.2, 0.25) is 0 Å². The van der Waals surface area contributed by atoms with E-state index in [1.54, 1.807) is 18.3 Å². The van der Waals surface area contributed by atoms with Crippen molar-refractivity contribution in [2.24, 2.45) is 0 Å². The summed E-state index contributed by atoms with van der Waals surface area (Å²) in [6, 6.07) is 7.24. The predicted molar refractivity (Wildman–Crippen MR) is 93.0 cm³/mol. The highest BCUT2D eigenvalue weighted by Gasteiger charge is 2.10. The molecule has 0 fully saturated rings. The average Bonchev–Trinajstić information content (AvgIpc) is 2.58. The Morgan fingerprint density at radius 1 is 1.17 bits per heavy atom. The molecule has 0 aliphatic rings. The molecule has 0 spiro atoms. The number of aliphatic hydroxyl groups is 1. The van der Waals surface area contributed by atoms with Crippen LogP contribution in [0.2, 0.25) is 5.02 Å². The highest BCUT2D eigenvalue weighted by Crippen LogP contribution is 2.29. The maximum Gasteiger partial charge on any atom is 0.189 e. The quantitative estimate of drug-likeness (QED) is 0.509. The zero-order chi connectivity index (χ0) is 16.5. The second-order valence-corrected chi connectivity index (χ2v) is 5.90. The minimum absolute atomic E-state index is 0.0717. The van der Waals surface area contributed by atoms with E-state index >= 15 is 0 Å². The van der Waals surface area contributed by atoms with Crippen LogP contribution in [0.15, 0.2) is 30.5 Å². The van der Waals surface area contributed by atoms with Gasteiger partial charge in [0, 0.05) is 18.2 Å². The fraction of sp³-hybridized carbons (Fsp3) is 0.500. The van der Waals surface area contributed by atoms with Crippen LogP contribution in [0.25, 0.3) is 10.9 Å². The molecule has 1 N–H and O–H groups in total. The number of hydrogen-bond acceptors (Lipinski definition) is 4. The Balaban J connectivity index is 1.78. The van der Waals surface area contributed by atoms with Crippen LogP contribution in [0.4, 0.5) is 0 Å². The molecule has 5 heteroatoms. The second-order valence-electron chi connectivity index (χ2n) is 5.50. The molecular formula is C18H24ClNO3. The lowest BCUT2D eigenvalue weighted by Crippen LogP contribution is -2.21. The first kappa shape index (κ1) is 18.0. The van der Waals surface area contributed by atoms with Crippen molar-refractivity contribution in [2.75, 3.05) is 13.2 Å². The van der Waals surface area contributed by atoms with Gasteiger partial charge in [0.05, 0.1) is 5.02 Å². The van der Waals surface area contributed by atoms with Crippen LogP contribution in [0.3, 0.4) is 0 Å². The Morgan fingerprint density at radius 3 is 2.83 bits per heavy atom. The molecule has 4 nitrogen and oxygen atoms in total. The zero-order valence-electron chi connectivity index (χ0n) is 13.5. The summed E-state index contributed by atoms with van der Waals surface area (Å²) in [4.78, 5) is 4.29. The molecule has 1 aromatic carbocycles. The molecule has 23 heavy (non-hydrogen) atoms. The van der Waals surface area contributed by atoms with Crippen LogP contribution in [0.5, 0.6) is 5.75 Å². The van der Waals surface area contributed by atoms with E-state index in [0.717, 1.165) is 18.2 Å². The van der Waals surface area contributed by atoms with Crippen molar-refractivity contribution >= 4 is 22.5 Å². The molecule has 1 atom stereocenters. The van der Waals surface area contributed by atoms with Crippen molar-refractivity contribution in [3.05, 3.63) is 35.5 Å². The van der Waals surface area contributed by atoms with Crippen LogP contribution in [0, 0.1) is 0 Å². The van der Waals surface area contributed by atoms with Gasteiger partial charge in [0.15, 0.2) is 6.29 Å². The zero-order valence-corrected chi connectivity index (χ0v) is 14.3. The van der Waals surface area contributed by atoms with Crippen LogP contribution in [-0.4, -0.2) is 29.6 Å². The number of rotatable bonds is 10. The van der Waals surface area contributed by atoms with E-state index in [1.165, 1.54) is 19.3 Å². The largest absolute Gasteiger partial charge is 0.486 e. The molecule has 0 saturated heterocycles. The minimum atomic E-state index is -0.935. The van der Waals surface area contributed by atoms with Crippen molar-refractivity contribution in [2.45, 2.75) is 45.3 Å². The van der Waals surface area contributed by atoms with Gasteiger partial charge in [0.25, 0.3) is 0 Å². The summed E-state index contributed by atoms with van der Waals surface area (Å²) in [5.74, 6) is 0.593. The molecule has 1 aromatic heterocycles. The van der Waals surface area contributed by atoms with Gasteiger partial charge < -0.3 is 14.6 Å². The van der Waals surface area contributed by atoms with Crippen LogP contribution in [-0.2, 0) is 4.74 Å². The van der Waals surface area contributed by atoms with Crippen molar-refractivity contribution in [3.63, 3.8) is 0 Å². The topological polar surface area (TPSA) is 51.6 Å². The van der Waals surface area contributed by atoms with Crippen molar-refractivity contribution in [1.82, 2.24) is 4.98 Å². The number of fused-ring (bicyclic) bond motifs is 1. The number of pyridine rings is 1. The molecular weight excluding hydrogens is 314 g/mol. The third kappa shape index (κ3) is 5.65. The van der Waals surface area contributed by atoms with E-state index in [0.29, 0.717) is 22.9 Å². The predicted octanol–water partition coefficient (Wildman–Crippen LogP) is 4.57. The first-order valence-corrected chi connectivity index (χ1v) is 8.56. The molecule has 0 saturated carbocycles. The normalized spacial score (nSPS) is 12.5. The van der Waals surface area contributed by atoms with Gasteiger partial charge in [-0.2, -0.15) is 0 Å². The molecule has 0 radical (unpaired) electrons. The summed E-state index contributed by atoms with van der Waals surface area (Å²) in [6.07, 6.45) is 6.54. The number of ether oxygens (including phenoxy) is 2. The van der Waals surface area contributed by atoms with Crippen molar-refractivity contribution in [3.8, 4) is 5.75 Å². The van der Waals surface area contributed by atoms with E-state index in [4.69, 9.17) is 21.1 Å². The van der Waals surface area contributed by atoms with Gasteiger partial charge in [-0.05, 0) is 30.7 Å². The van der Waals surface area contributed by atoms with E-state index in [-0.39, 0.29) is 6.61 Å². The number of aromatic nitrogens is 1. The monoisotopic (exact) mass is 337 g/mol. The summed E-state index contributed by atoms with van der Waals surface area (Å²) in [5, 5.41) is 11.3. The molecule has 1 unspecified atom stereocenters. The minimum Gasteiger partial charge on any atom is -0.486 e. The lowest BCUT2D eigenvalue weighted by atomic mass is 10.2. The fourth-order valence-electron chi connectivity index (χ4n) is 2.36. The number of hydrogen-bond donors (Lipinski definition) is 1. The van der Waals surface area contributed by atoms with Crippen molar-refractivity contribution in [1.29, 1.82) is 0 Å². The molecule has 1 heterocycles. The van der Waals surface area contributed by atoms with E-state index in [9.17, 15) is 5.11 Å². The van der Waals surface area contributed by atoms with Crippen LogP contribution >= 0.6 is 11.6 Å².